The molecule has 126 valence electrons. The molecule has 0 aromatic carbocycles. The standard InChI is InChI=1S/C7H4F10O4/c8-3(9)1-19-5(12,13)6(14,15)21-7(16,17)20-4(10,11)2-18/h1,18H,2H2. The van der Waals surface area contributed by atoms with Crippen molar-refractivity contribution in [1.29, 1.82) is 0 Å². The van der Waals surface area contributed by atoms with E-state index in [-0.39, 0.29) is 0 Å². The van der Waals surface area contributed by atoms with Crippen LogP contribution in [0.15, 0.2) is 12.3 Å². The van der Waals surface area contributed by atoms with Gasteiger partial charge in [0.15, 0.2) is 6.26 Å². The summed E-state index contributed by atoms with van der Waals surface area (Å²) in [6.07, 6.45) is -27.8. The Morgan fingerprint density at radius 3 is 1.71 bits per heavy atom. The summed E-state index contributed by atoms with van der Waals surface area (Å²) in [5.41, 5.74) is 0. The predicted molar refractivity (Wildman–Crippen MR) is 40.4 cm³/mol. The molecule has 0 amide bonds. The first kappa shape index (κ1) is 19.7. The van der Waals surface area contributed by atoms with Gasteiger partial charge in [-0.15, -0.1) is 8.78 Å². The molecule has 0 unspecified atom stereocenters. The number of ether oxygens (including phenoxy) is 3. The number of halogens is 10. The molecule has 0 aliphatic heterocycles. The van der Waals surface area contributed by atoms with Crippen LogP contribution in [0.1, 0.15) is 0 Å². The van der Waals surface area contributed by atoms with E-state index in [0.717, 1.165) is 0 Å². The lowest BCUT2D eigenvalue weighted by atomic mass is 10.5. The molecule has 0 aliphatic rings. The van der Waals surface area contributed by atoms with E-state index in [1.165, 1.54) is 0 Å². The highest BCUT2D eigenvalue weighted by Crippen LogP contribution is 2.42. The Hall–Kier alpha value is -1.28. The minimum absolute atomic E-state index is 1.21. The van der Waals surface area contributed by atoms with Crippen LogP contribution in [0, 0.1) is 0 Å². The molecule has 0 spiro atoms. The van der Waals surface area contributed by atoms with E-state index in [0.29, 0.717) is 0 Å². The van der Waals surface area contributed by atoms with Crippen LogP contribution in [0.25, 0.3) is 0 Å². The van der Waals surface area contributed by atoms with Gasteiger partial charge in [0.25, 0.3) is 0 Å². The van der Waals surface area contributed by atoms with Crippen molar-refractivity contribution < 1.29 is 63.2 Å². The van der Waals surface area contributed by atoms with Crippen molar-refractivity contribution in [2.45, 2.75) is 24.6 Å². The summed E-state index contributed by atoms with van der Waals surface area (Å²) in [6.45, 7) is -2.42. The van der Waals surface area contributed by atoms with Crippen molar-refractivity contribution in [2.75, 3.05) is 6.61 Å². The molecule has 1 N–H and O–H groups in total. The highest BCUT2D eigenvalue weighted by Gasteiger charge is 2.67. The smallest absolute Gasteiger partial charge is 0.428 e. The van der Waals surface area contributed by atoms with Crippen molar-refractivity contribution in [2.24, 2.45) is 0 Å². The summed E-state index contributed by atoms with van der Waals surface area (Å²) < 4.78 is 129. The molecule has 4 nitrogen and oxygen atoms in total. The van der Waals surface area contributed by atoms with Crippen molar-refractivity contribution >= 4 is 0 Å². The lowest BCUT2D eigenvalue weighted by Crippen LogP contribution is -2.50. The zero-order valence-corrected chi connectivity index (χ0v) is 9.24. The van der Waals surface area contributed by atoms with Gasteiger partial charge in [0.1, 0.15) is 6.61 Å². The number of aliphatic hydroxyl groups is 1. The molecule has 0 aromatic rings. The highest BCUT2D eigenvalue weighted by atomic mass is 19.3. The summed E-state index contributed by atoms with van der Waals surface area (Å²) in [7, 11) is 0. The molecule has 0 aliphatic carbocycles. The molecule has 0 saturated heterocycles. The topological polar surface area (TPSA) is 47.9 Å². The van der Waals surface area contributed by atoms with Crippen molar-refractivity contribution in [3.05, 3.63) is 12.3 Å². The van der Waals surface area contributed by atoms with Crippen LogP contribution in [0.2, 0.25) is 0 Å². The number of hydrogen-bond donors (Lipinski definition) is 1. The van der Waals surface area contributed by atoms with Gasteiger partial charge in [-0.05, 0) is 0 Å². The van der Waals surface area contributed by atoms with Gasteiger partial charge in [-0.2, -0.15) is 35.1 Å². The molecule has 0 radical (unpaired) electrons. The van der Waals surface area contributed by atoms with E-state index >= 15 is 0 Å². The van der Waals surface area contributed by atoms with Gasteiger partial charge >= 0.3 is 30.7 Å². The summed E-state index contributed by atoms with van der Waals surface area (Å²) in [5, 5.41) is 7.85. The Balaban J connectivity index is 5.04. The lowest BCUT2D eigenvalue weighted by Gasteiger charge is -2.28. The first-order valence-electron chi connectivity index (χ1n) is 4.35. The summed E-state index contributed by atoms with van der Waals surface area (Å²) in [6, 6.07) is 0. The fourth-order valence-electron chi connectivity index (χ4n) is 0.623. The molecule has 0 heterocycles. The van der Waals surface area contributed by atoms with Gasteiger partial charge in [-0.3, -0.25) is 0 Å². The Bertz CT molecular complexity index is 378. The molecule has 0 saturated carbocycles. The van der Waals surface area contributed by atoms with Crippen LogP contribution in [0.3, 0.4) is 0 Å². The normalized spacial score (nSPS) is 14.0. The largest absolute Gasteiger partial charge is 0.495 e. The number of hydrogen-bond acceptors (Lipinski definition) is 4. The third kappa shape index (κ3) is 6.34. The van der Waals surface area contributed by atoms with E-state index in [4.69, 9.17) is 5.11 Å². The number of alkyl halides is 8. The molecule has 21 heavy (non-hydrogen) atoms. The highest BCUT2D eigenvalue weighted by molar-refractivity contribution is 4.76. The quantitative estimate of drug-likeness (QED) is 0.418. The van der Waals surface area contributed by atoms with Crippen LogP contribution in [0.5, 0.6) is 0 Å². The second-order valence-corrected chi connectivity index (χ2v) is 3.02. The second kappa shape index (κ2) is 6.23. The first-order valence-corrected chi connectivity index (χ1v) is 4.35. The lowest BCUT2D eigenvalue weighted by molar-refractivity contribution is -0.550. The third-order valence-corrected chi connectivity index (χ3v) is 1.33. The van der Waals surface area contributed by atoms with Crippen LogP contribution in [0.4, 0.5) is 43.9 Å². The maximum absolute atomic E-state index is 12.6. The maximum atomic E-state index is 12.6. The van der Waals surface area contributed by atoms with Gasteiger partial charge in [-0.25, -0.2) is 9.47 Å². The Labute approximate surface area is 108 Å². The van der Waals surface area contributed by atoms with Crippen molar-refractivity contribution in [3.63, 3.8) is 0 Å². The average Bonchev–Trinajstić information content (AvgIpc) is 2.23. The minimum atomic E-state index is -6.34. The van der Waals surface area contributed by atoms with Crippen LogP contribution in [-0.4, -0.2) is 36.3 Å². The van der Waals surface area contributed by atoms with E-state index in [2.05, 4.69) is 9.47 Å². The van der Waals surface area contributed by atoms with Crippen molar-refractivity contribution in [1.82, 2.24) is 0 Å². The van der Waals surface area contributed by atoms with Crippen LogP contribution in [-0.2, 0) is 14.2 Å². The SMILES string of the molecule is OCC(F)(F)OC(F)(F)OC(F)(F)C(F)(F)OC=C(F)F. The van der Waals surface area contributed by atoms with Gasteiger partial charge in [0, 0.05) is 0 Å². The molecular formula is C7H4F10O4. The Morgan fingerprint density at radius 1 is 0.857 bits per heavy atom. The minimum Gasteiger partial charge on any atom is -0.428 e. The van der Waals surface area contributed by atoms with E-state index in [1.54, 1.807) is 0 Å². The molecule has 0 rings (SSSR count). The van der Waals surface area contributed by atoms with Gasteiger partial charge < -0.3 is 9.84 Å². The summed E-state index contributed by atoms with van der Waals surface area (Å²) in [4.78, 5) is 0. The second-order valence-electron chi connectivity index (χ2n) is 3.02. The predicted octanol–water partition coefficient (Wildman–Crippen LogP) is 3.10. The Morgan fingerprint density at radius 2 is 1.33 bits per heavy atom. The van der Waals surface area contributed by atoms with E-state index in [1.807, 2.05) is 4.74 Å². The fourth-order valence-corrected chi connectivity index (χ4v) is 0.623. The summed E-state index contributed by atoms with van der Waals surface area (Å²) in [5.74, 6) is 0. The number of aliphatic hydroxyl groups excluding tert-OH is 1. The van der Waals surface area contributed by atoms with Crippen LogP contribution >= 0.6 is 0 Å². The fraction of sp³-hybridized carbons (Fsp3) is 0.714. The maximum Gasteiger partial charge on any atom is 0.495 e. The molecule has 0 bridgehead atoms. The Kier molecular flexibility index (Phi) is 5.85. The molecule has 0 aromatic heterocycles. The van der Waals surface area contributed by atoms with Crippen LogP contribution < -0.4 is 0 Å². The van der Waals surface area contributed by atoms with E-state index in [9.17, 15) is 43.9 Å². The van der Waals surface area contributed by atoms with Gasteiger partial charge in [0.05, 0.1) is 0 Å². The average molecular weight is 342 g/mol. The zero-order valence-electron chi connectivity index (χ0n) is 9.24. The first-order chi connectivity index (χ1) is 9.14. The summed E-state index contributed by atoms with van der Waals surface area (Å²) >= 11 is 0. The third-order valence-electron chi connectivity index (χ3n) is 1.33. The van der Waals surface area contributed by atoms with Gasteiger partial charge in [0.2, 0.25) is 0 Å². The molecule has 0 fully saturated rings. The monoisotopic (exact) mass is 342 g/mol. The van der Waals surface area contributed by atoms with E-state index < -0.39 is 43.6 Å². The van der Waals surface area contributed by atoms with Crippen molar-refractivity contribution in [3.8, 4) is 0 Å². The number of rotatable bonds is 8. The molecular weight excluding hydrogens is 338 g/mol. The zero-order chi connectivity index (χ0) is 17.1. The molecule has 0 atom stereocenters. The van der Waals surface area contributed by atoms with Gasteiger partial charge in [-0.1, -0.05) is 0 Å². The molecule has 14 heteroatoms.